The molecule has 1 aromatic rings. The van der Waals surface area contributed by atoms with E-state index in [2.05, 4.69) is 25.8 Å². The van der Waals surface area contributed by atoms with E-state index >= 15 is 0 Å². The first-order chi connectivity index (χ1) is 5.04. The molecule has 0 radical (unpaired) electrons. The molecule has 0 bridgehead atoms. The van der Waals surface area contributed by atoms with Crippen molar-refractivity contribution in [3.8, 4) is 0 Å². The summed E-state index contributed by atoms with van der Waals surface area (Å²) in [6.45, 7) is 6.47. The summed E-state index contributed by atoms with van der Waals surface area (Å²) in [5, 5.41) is 3.18. The van der Waals surface area contributed by atoms with Crippen molar-refractivity contribution in [2.75, 3.05) is 0 Å². The zero-order valence-electron chi connectivity index (χ0n) is 7.02. The Balaban J connectivity index is 2.89. The van der Waals surface area contributed by atoms with Gasteiger partial charge in [-0.05, 0) is 0 Å². The molecule has 0 aromatic carbocycles. The van der Waals surface area contributed by atoms with Gasteiger partial charge in [-0.2, -0.15) is 0 Å². The maximum atomic E-state index is 5.63. The van der Waals surface area contributed by atoms with Crippen LogP contribution >= 0.6 is 22.9 Å². The van der Waals surface area contributed by atoms with Crippen molar-refractivity contribution >= 4 is 22.9 Å². The second-order valence-corrected chi connectivity index (χ2v) is 4.65. The molecule has 3 heteroatoms. The summed E-state index contributed by atoms with van der Waals surface area (Å²) < 4.78 is 0. The summed E-state index contributed by atoms with van der Waals surface area (Å²) in [6.07, 6.45) is 0. The Bertz CT molecular complexity index is 236. The summed E-state index contributed by atoms with van der Waals surface area (Å²) in [7, 11) is 0. The van der Waals surface area contributed by atoms with Crippen LogP contribution in [0.15, 0.2) is 5.38 Å². The van der Waals surface area contributed by atoms with Crippen LogP contribution in [0.4, 0.5) is 0 Å². The van der Waals surface area contributed by atoms with Crippen molar-refractivity contribution in [1.29, 1.82) is 0 Å². The molecule has 0 spiro atoms. The van der Waals surface area contributed by atoms with Crippen LogP contribution in [0.5, 0.6) is 0 Å². The normalized spacial score (nSPS) is 12.0. The second kappa shape index (κ2) is 3.11. The van der Waals surface area contributed by atoms with Crippen molar-refractivity contribution < 1.29 is 0 Å². The van der Waals surface area contributed by atoms with E-state index in [1.165, 1.54) is 0 Å². The number of halogens is 1. The third-order valence-electron chi connectivity index (χ3n) is 1.33. The van der Waals surface area contributed by atoms with Crippen LogP contribution in [-0.4, -0.2) is 4.98 Å². The predicted molar refractivity (Wildman–Crippen MR) is 50.4 cm³/mol. The Labute approximate surface area is 76.4 Å². The molecule has 11 heavy (non-hydrogen) atoms. The molecular weight excluding hydrogens is 178 g/mol. The van der Waals surface area contributed by atoms with Crippen LogP contribution in [0.2, 0.25) is 0 Å². The fourth-order valence-electron chi connectivity index (χ4n) is 0.713. The van der Waals surface area contributed by atoms with Crippen molar-refractivity contribution in [1.82, 2.24) is 4.98 Å². The zero-order chi connectivity index (χ0) is 8.48. The smallest absolute Gasteiger partial charge is 0.0982 e. The molecule has 0 atom stereocenters. The standard InChI is InChI=1S/C8H12ClNS/c1-8(2,3)7-10-6(4-9)5-11-7/h5H,4H2,1-3H3. The quantitative estimate of drug-likeness (QED) is 0.619. The first kappa shape index (κ1) is 9.01. The summed E-state index contributed by atoms with van der Waals surface area (Å²) >= 11 is 7.32. The lowest BCUT2D eigenvalue weighted by Gasteiger charge is -2.13. The van der Waals surface area contributed by atoms with Crippen molar-refractivity contribution in [2.24, 2.45) is 0 Å². The Morgan fingerprint density at radius 2 is 2.18 bits per heavy atom. The largest absolute Gasteiger partial charge is 0.244 e. The van der Waals surface area contributed by atoms with Gasteiger partial charge in [0.1, 0.15) is 0 Å². The number of rotatable bonds is 1. The van der Waals surface area contributed by atoms with Crippen LogP contribution in [-0.2, 0) is 11.3 Å². The monoisotopic (exact) mass is 189 g/mol. The van der Waals surface area contributed by atoms with Gasteiger partial charge >= 0.3 is 0 Å². The summed E-state index contributed by atoms with van der Waals surface area (Å²) in [4.78, 5) is 4.39. The number of hydrogen-bond acceptors (Lipinski definition) is 2. The van der Waals surface area contributed by atoms with E-state index in [4.69, 9.17) is 11.6 Å². The highest BCUT2D eigenvalue weighted by Crippen LogP contribution is 2.25. The van der Waals surface area contributed by atoms with Crippen LogP contribution in [0.3, 0.4) is 0 Å². The van der Waals surface area contributed by atoms with Gasteiger partial charge in [-0.1, -0.05) is 20.8 Å². The SMILES string of the molecule is CC(C)(C)c1nc(CCl)cs1. The lowest BCUT2D eigenvalue weighted by molar-refractivity contribution is 0.584. The molecule has 0 amide bonds. The minimum atomic E-state index is 0.162. The van der Waals surface area contributed by atoms with Gasteiger partial charge in [0.25, 0.3) is 0 Å². The van der Waals surface area contributed by atoms with E-state index in [0.717, 1.165) is 10.7 Å². The molecule has 1 nitrogen and oxygen atoms in total. The van der Waals surface area contributed by atoms with Gasteiger partial charge in [-0.15, -0.1) is 22.9 Å². The Hall–Kier alpha value is -0.0800. The fraction of sp³-hybridized carbons (Fsp3) is 0.625. The Kier molecular flexibility index (Phi) is 2.55. The van der Waals surface area contributed by atoms with Gasteiger partial charge in [-0.3, -0.25) is 0 Å². The summed E-state index contributed by atoms with van der Waals surface area (Å²) in [5.41, 5.74) is 1.15. The number of nitrogens with zero attached hydrogens (tertiary/aromatic N) is 1. The van der Waals surface area contributed by atoms with E-state index in [-0.39, 0.29) is 5.41 Å². The van der Waals surface area contributed by atoms with Gasteiger partial charge in [0.05, 0.1) is 16.6 Å². The molecule has 62 valence electrons. The topological polar surface area (TPSA) is 12.9 Å². The second-order valence-electron chi connectivity index (χ2n) is 3.53. The van der Waals surface area contributed by atoms with Gasteiger partial charge < -0.3 is 0 Å². The van der Waals surface area contributed by atoms with Gasteiger partial charge in [-0.25, -0.2) is 4.98 Å². The molecular formula is C8H12ClNS. The van der Waals surface area contributed by atoms with Crippen LogP contribution in [0.1, 0.15) is 31.5 Å². The van der Waals surface area contributed by atoms with E-state index in [9.17, 15) is 0 Å². The molecule has 0 aliphatic carbocycles. The Morgan fingerprint density at radius 3 is 2.45 bits per heavy atom. The highest BCUT2D eigenvalue weighted by molar-refractivity contribution is 7.09. The first-order valence-electron chi connectivity index (χ1n) is 3.55. The molecule has 0 fully saturated rings. The molecule has 0 N–H and O–H groups in total. The van der Waals surface area contributed by atoms with E-state index in [0.29, 0.717) is 5.88 Å². The molecule has 0 aliphatic heterocycles. The van der Waals surface area contributed by atoms with E-state index < -0.39 is 0 Å². The highest BCUT2D eigenvalue weighted by Gasteiger charge is 2.17. The van der Waals surface area contributed by atoms with E-state index in [1.807, 2.05) is 5.38 Å². The van der Waals surface area contributed by atoms with Gasteiger partial charge in [0, 0.05) is 10.8 Å². The Morgan fingerprint density at radius 1 is 1.55 bits per heavy atom. The lowest BCUT2D eigenvalue weighted by atomic mass is 9.98. The fourth-order valence-corrected chi connectivity index (χ4v) is 1.85. The van der Waals surface area contributed by atoms with Crippen molar-refractivity contribution in [3.63, 3.8) is 0 Å². The van der Waals surface area contributed by atoms with Crippen LogP contribution < -0.4 is 0 Å². The number of thiazole rings is 1. The number of aromatic nitrogens is 1. The molecule has 0 saturated carbocycles. The third kappa shape index (κ3) is 2.17. The first-order valence-corrected chi connectivity index (χ1v) is 4.96. The average Bonchev–Trinajstić information content (AvgIpc) is 2.32. The van der Waals surface area contributed by atoms with E-state index in [1.54, 1.807) is 11.3 Å². The van der Waals surface area contributed by atoms with Crippen LogP contribution in [0.25, 0.3) is 0 Å². The minimum absolute atomic E-state index is 0.162. The van der Waals surface area contributed by atoms with Gasteiger partial charge in [0.15, 0.2) is 0 Å². The molecule has 1 aromatic heterocycles. The van der Waals surface area contributed by atoms with Gasteiger partial charge in [0.2, 0.25) is 0 Å². The highest BCUT2D eigenvalue weighted by atomic mass is 35.5. The van der Waals surface area contributed by atoms with Crippen molar-refractivity contribution in [3.05, 3.63) is 16.1 Å². The molecule has 0 saturated heterocycles. The summed E-state index contributed by atoms with van der Waals surface area (Å²) in [5.74, 6) is 0.520. The third-order valence-corrected chi connectivity index (χ3v) is 2.92. The molecule has 1 heterocycles. The zero-order valence-corrected chi connectivity index (χ0v) is 8.59. The lowest BCUT2D eigenvalue weighted by Crippen LogP contribution is -2.10. The average molecular weight is 190 g/mol. The summed E-state index contributed by atoms with van der Waals surface area (Å²) in [6, 6.07) is 0. The maximum Gasteiger partial charge on any atom is 0.0982 e. The minimum Gasteiger partial charge on any atom is -0.244 e. The van der Waals surface area contributed by atoms with Crippen LogP contribution in [0, 0.1) is 0 Å². The molecule has 0 aliphatic rings. The number of alkyl halides is 1. The predicted octanol–water partition coefficient (Wildman–Crippen LogP) is 3.18. The molecule has 0 unspecified atom stereocenters. The molecule has 1 rings (SSSR count). The number of hydrogen-bond donors (Lipinski definition) is 0. The maximum absolute atomic E-state index is 5.63. The van der Waals surface area contributed by atoms with Crippen molar-refractivity contribution in [2.45, 2.75) is 32.1 Å².